The molecule has 0 unspecified atom stereocenters. The zero-order valence-electron chi connectivity index (χ0n) is 18.3. The Bertz CT molecular complexity index is 1370. The fraction of sp³-hybridized carbons (Fsp3) is 0.154. The third-order valence-corrected chi connectivity index (χ3v) is 6.75. The first-order valence-electron chi connectivity index (χ1n) is 10.8. The maximum atomic E-state index is 13.2. The highest BCUT2D eigenvalue weighted by Crippen LogP contribution is 2.26. The molecule has 0 bridgehead atoms. The van der Waals surface area contributed by atoms with Crippen LogP contribution in [0.2, 0.25) is 0 Å². The molecule has 0 saturated carbocycles. The van der Waals surface area contributed by atoms with Crippen LogP contribution < -0.4 is 10.0 Å². The van der Waals surface area contributed by atoms with Gasteiger partial charge in [-0.2, -0.15) is 0 Å². The van der Waals surface area contributed by atoms with Crippen LogP contribution >= 0.6 is 0 Å². The summed E-state index contributed by atoms with van der Waals surface area (Å²) >= 11 is 0. The van der Waals surface area contributed by atoms with E-state index in [-0.39, 0.29) is 10.8 Å². The van der Waals surface area contributed by atoms with Crippen molar-refractivity contribution in [3.63, 3.8) is 0 Å². The number of nitrogens with one attached hydrogen (secondary N) is 2. The first-order chi connectivity index (χ1) is 16.0. The molecule has 1 aromatic heterocycles. The second-order valence-electron chi connectivity index (χ2n) is 7.67. The lowest BCUT2D eigenvalue weighted by Crippen LogP contribution is -2.24. The van der Waals surface area contributed by atoms with Crippen molar-refractivity contribution in [2.24, 2.45) is 0 Å². The number of sulfonamides is 1. The number of carbonyl (C=O) groups excluding carboxylic acids is 1. The van der Waals surface area contributed by atoms with Crippen LogP contribution in [0.5, 0.6) is 0 Å². The molecule has 33 heavy (non-hydrogen) atoms. The molecular weight excluding hydrogens is 434 g/mol. The van der Waals surface area contributed by atoms with E-state index in [9.17, 15) is 13.2 Å². The fourth-order valence-electron chi connectivity index (χ4n) is 3.50. The fourth-order valence-corrected chi connectivity index (χ4v) is 4.58. The molecule has 3 aromatic carbocycles. The van der Waals surface area contributed by atoms with E-state index in [1.54, 1.807) is 18.2 Å². The summed E-state index contributed by atoms with van der Waals surface area (Å²) in [7, 11) is -3.57. The predicted octanol–water partition coefficient (Wildman–Crippen LogP) is 5.23. The Hall–Kier alpha value is -3.55. The van der Waals surface area contributed by atoms with Gasteiger partial charge in [0.25, 0.3) is 5.91 Å². The SMILES string of the molecule is CCCCNS(=O)(=O)c1ccc(NC(=O)c2cc(-c3ccccc3)nc3ccccc23)cc1. The summed E-state index contributed by atoms with van der Waals surface area (Å²) in [6, 6.07) is 25.1. The molecule has 4 aromatic rings. The third-order valence-electron chi connectivity index (χ3n) is 5.28. The van der Waals surface area contributed by atoms with Crippen LogP contribution in [0.25, 0.3) is 22.2 Å². The summed E-state index contributed by atoms with van der Waals surface area (Å²) in [5, 5.41) is 3.62. The minimum Gasteiger partial charge on any atom is -0.322 e. The maximum absolute atomic E-state index is 13.2. The average Bonchev–Trinajstić information content (AvgIpc) is 2.84. The standard InChI is InChI=1S/C26H25N3O3S/c1-2-3-17-27-33(31,32)21-15-13-20(14-16-21)28-26(30)23-18-25(19-9-5-4-6-10-19)29-24-12-8-7-11-22(23)24/h4-16,18,27H,2-3,17H2,1H3,(H,28,30). The summed E-state index contributed by atoms with van der Waals surface area (Å²) in [6.07, 6.45) is 1.68. The molecule has 0 fully saturated rings. The van der Waals surface area contributed by atoms with Crippen molar-refractivity contribution in [3.05, 3.63) is 90.5 Å². The molecule has 0 aliphatic carbocycles. The number of aromatic nitrogens is 1. The van der Waals surface area contributed by atoms with E-state index in [1.807, 2.05) is 61.5 Å². The molecule has 4 rings (SSSR count). The van der Waals surface area contributed by atoms with Crippen LogP contribution in [-0.4, -0.2) is 25.9 Å². The number of amides is 1. The Balaban J connectivity index is 1.60. The molecule has 0 atom stereocenters. The Labute approximate surface area is 193 Å². The van der Waals surface area contributed by atoms with E-state index in [2.05, 4.69) is 10.0 Å². The number of carbonyl (C=O) groups is 1. The van der Waals surface area contributed by atoms with Crippen molar-refractivity contribution in [1.82, 2.24) is 9.71 Å². The van der Waals surface area contributed by atoms with Crippen LogP contribution in [0.15, 0.2) is 89.8 Å². The molecule has 168 valence electrons. The highest BCUT2D eigenvalue weighted by atomic mass is 32.2. The van der Waals surface area contributed by atoms with E-state index in [0.29, 0.717) is 23.5 Å². The van der Waals surface area contributed by atoms with Gasteiger partial charge in [0.15, 0.2) is 0 Å². The largest absolute Gasteiger partial charge is 0.322 e. The van der Waals surface area contributed by atoms with Gasteiger partial charge >= 0.3 is 0 Å². The van der Waals surface area contributed by atoms with Gasteiger partial charge in [-0.25, -0.2) is 18.1 Å². The Morgan fingerprint density at radius 3 is 2.33 bits per heavy atom. The number of hydrogen-bond donors (Lipinski definition) is 2. The van der Waals surface area contributed by atoms with Gasteiger partial charge in [-0.05, 0) is 42.8 Å². The number of rotatable bonds is 8. The molecule has 1 amide bonds. The first kappa shape index (κ1) is 22.6. The zero-order chi connectivity index (χ0) is 23.3. The van der Waals surface area contributed by atoms with Gasteiger partial charge in [-0.15, -0.1) is 0 Å². The summed E-state index contributed by atoms with van der Waals surface area (Å²) in [4.78, 5) is 18.1. The summed E-state index contributed by atoms with van der Waals surface area (Å²) in [5.74, 6) is -0.289. The van der Waals surface area contributed by atoms with Crippen molar-refractivity contribution < 1.29 is 13.2 Å². The minimum absolute atomic E-state index is 0.164. The van der Waals surface area contributed by atoms with Crippen molar-refractivity contribution >= 4 is 32.5 Å². The predicted molar refractivity (Wildman–Crippen MR) is 132 cm³/mol. The van der Waals surface area contributed by atoms with Crippen molar-refractivity contribution in [2.75, 3.05) is 11.9 Å². The van der Waals surface area contributed by atoms with Gasteiger partial charge in [0.05, 0.1) is 21.7 Å². The molecule has 0 saturated heterocycles. The average molecular weight is 460 g/mol. The van der Waals surface area contributed by atoms with Crippen LogP contribution in [0.4, 0.5) is 5.69 Å². The summed E-state index contributed by atoms with van der Waals surface area (Å²) in [6.45, 7) is 2.40. The number of hydrogen-bond acceptors (Lipinski definition) is 4. The second kappa shape index (κ2) is 9.94. The van der Waals surface area contributed by atoms with E-state index in [1.165, 1.54) is 12.1 Å². The van der Waals surface area contributed by atoms with Crippen molar-refractivity contribution in [2.45, 2.75) is 24.7 Å². The number of benzene rings is 3. The number of nitrogens with zero attached hydrogens (tertiary/aromatic N) is 1. The zero-order valence-corrected chi connectivity index (χ0v) is 19.1. The van der Waals surface area contributed by atoms with Gasteiger partial charge in [0.2, 0.25) is 10.0 Å². The van der Waals surface area contributed by atoms with E-state index in [4.69, 9.17) is 4.98 Å². The summed E-state index contributed by atoms with van der Waals surface area (Å²) in [5.41, 5.74) is 3.36. The van der Waals surface area contributed by atoms with Gasteiger partial charge in [0, 0.05) is 23.2 Å². The quantitative estimate of drug-likeness (QED) is 0.353. The summed E-state index contributed by atoms with van der Waals surface area (Å²) < 4.78 is 27.3. The number of para-hydroxylation sites is 1. The number of anilines is 1. The number of pyridine rings is 1. The van der Waals surface area contributed by atoms with Gasteiger partial charge in [-0.3, -0.25) is 4.79 Å². The molecule has 2 N–H and O–H groups in total. The monoisotopic (exact) mass is 459 g/mol. The Morgan fingerprint density at radius 1 is 0.909 bits per heavy atom. The van der Waals surface area contributed by atoms with E-state index in [0.717, 1.165) is 29.3 Å². The van der Waals surface area contributed by atoms with E-state index < -0.39 is 10.0 Å². The first-order valence-corrected chi connectivity index (χ1v) is 12.3. The smallest absolute Gasteiger partial charge is 0.256 e. The number of unbranched alkanes of at least 4 members (excludes halogenated alkanes) is 1. The molecular formula is C26H25N3O3S. The highest BCUT2D eigenvalue weighted by molar-refractivity contribution is 7.89. The molecule has 1 heterocycles. The minimum atomic E-state index is -3.57. The Morgan fingerprint density at radius 2 is 1.61 bits per heavy atom. The van der Waals surface area contributed by atoms with E-state index >= 15 is 0 Å². The molecule has 0 spiro atoms. The van der Waals surface area contributed by atoms with Gasteiger partial charge in [0.1, 0.15) is 0 Å². The molecule has 7 heteroatoms. The topological polar surface area (TPSA) is 88.2 Å². The maximum Gasteiger partial charge on any atom is 0.256 e. The molecule has 6 nitrogen and oxygen atoms in total. The Kier molecular flexibility index (Phi) is 6.82. The third kappa shape index (κ3) is 5.27. The molecule has 0 aliphatic rings. The van der Waals surface area contributed by atoms with Crippen molar-refractivity contribution in [3.8, 4) is 11.3 Å². The van der Waals surface area contributed by atoms with Crippen LogP contribution in [-0.2, 0) is 10.0 Å². The lowest BCUT2D eigenvalue weighted by atomic mass is 10.0. The van der Waals surface area contributed by atoms with Crippen molar-refractivity contribution in [1.29, 1.82) is 0 Å². The lowest BCUT2D eigenvalue weighted by Gasteiger charge is -2.11. The molecule has 0 radical (unpaired) electrons. The highest BCUT2D eigenvalue weighted by Gasteiger charge is 2.16. The van der Waals surface area contributed by atoms with Gasteiger partial charge < -0.3 is 5.32 Å². The second-order valence-corrected chi connectivity index (χ2v) is 9.44. The van der Waals surface area contributed by atoms with Gasteiger partial charge in [-0.1, -0.05) is 61.9 Å². The number of fused-ring (bicyclic) bond motifs is 1. The lowest BCUT2D eigenvalue weighted by molar-refractivity contribution is 0.102. The molecule has 0 aliphatic heterocycles. The van der Waals surface area contributed by atoms with Crippen LogP contribution in [0.1, 0.15) is 30.1 Å². The van der Waals surface area contributed by atoms with Crippen LogP contribution in [0, 0.1) is 0 Å². The normalized spacial score (nSPS) is 11.4. The van der Waals surface area contributed by atoms with Crippen LogP contribution in [0.3, 0.4) is 0 Å².